The lowest BCUT2D eigenvalue weighted by atomic mass is 9.72. The fourth-order valence-electron chi connectivity index (χ4n) is 5.82. The summed E-state index contributed by atoms with van der Waals surface area (Å²) >= 11 is 0. The van der Waals surface area contributed by atoms with E-state index in [1.54, 1.807) is 0 Å². The van der Waals surface area contributed by atoms with E-state index in [2.05, 4.69) is 50.2 Å². The lowest BCUT2D eigenvalue weighted by molar-refractivity contribution is -0.118. The Balaban J connectivity index is 1.57. The molecule has 0 aromatic heterocycles. The van der Waals surface area contributed by atoms with Crippen molar-refractivity contribution >= 4 is 11.4 Å². The van der Waals surface area contributed by atoms with Crippen molar-refractivity contribution in [2.45, 2.75) is 52.2 Å². The first-order chi connectivity index (χ1) is 13.4. The number of allylic oxidation sites excluding steroid dienone is 1. The molecule has 3 nitrogen and oxygen atoms in total. The minimum absolute atomic E-state index is 0.0624. The molecule has 5 rings (SSSR count). The number of fused-ring (bicyclic) bond motifs is 5. The average molecular weight is 374 g/mol. The van der Waals surface area contributed by atoms with E-state index in [1.807, 2.05) is 13.8 Å². The number of Topliss-reactive ketones (excluding diaryl/α,β-unsaturated/α-hetero) is 1. The lowest BCUT2D eigenvalue weighted by Crippen LogP contribution is -2.33. The number of carbonyl (C=O) groups is 1. The number of carbonyl (C=O) groups excluding carboxylic acids is 1. The molecule has 0 amide bonds. The maximum absolute atomic E-state index is 13.4. The summed E-state index contributed by atoms with van der Waals surface area (Å²) in [5.74, 6) is 0.0950. The second-order valence-electron chi connectivity index (χ2n) is 8.84. The second kappa shape index (κ2) is 6.05. The maximum atomic E-state index is 13.4. The van der Waals surface area contributed by atoms with Crippen molar-refractivity contribution in [2.24, 2.45) is 11.8 Å². The summed E-state index contributed by atoms with van der Waals surface area (Å²) in [4.78, 5) is 13.4. The monoisotopic (exact) mass is 374 g/mol. The Morgan fingerprint density at radius 2 is 1.57 bits per heavy atom. The molecule has 2 bridgehead atoms. The summed E-state index contributed by atoms with van der Waals surface area (Å²) in [5.41, 5.74) is 7.20. The second-order valence-corrected chi connectivity index (χ2v) is 8.84. The molecular formula is C25H26O3. The maximum Gasteiger partial charge on any atom is 0.173 e. The number of ketones is 1. The number of rotatable bonds is 2. The van der Waals surface area contributed by atoms with Crippen molar-refractivity contribution in [2.75, 3.05) is 0 Å². The number of benzene rings is 2. The van der Waals surface area contributed by atoms with Crippen molar-refractivity contribution in [3.8, 4) is 0 Å². The van der Waals surface area contributed by atoms with E-state index in [9.17, 15) is 9.90 Å². The molecule has 1 aliphatic carbocycles. The van der Waals surface area contributed by atoms with Crippen LogP contribution in [0.2, 0.25) is 0 Å². The summed E-state index contributed by atoms with van der Waals surface area (Å²) in [5, 5.41) is 11.2. The predicted octanol–water partition coefficient (Wildman–Crippen LogP) is 4.96. The van der Waals surface area contributed by atoms with Gasteiger partial charge in [-0.2, -0.15) is 0 Å². The van der Waals surface area contributed by atoms with Crippen LogP contribution in [0.4, 0.5) is 0 Å². The number of aliphatic hydroxyl groups excluding tert-OH is 1. The van der Waals surface area contributed by atoms with E-state index >= 15 is 0 Å². The smallest absolute Gasteiger partial charge is 0.173 e. The molecule has 3 aliphatic rings. The van der Waals surface area contributed by atoms with Gasteiger partial charge >= 0.3 is 0 Å². The van der Waals surface area contributed by atoms with Gasteiger partial charge in [-0.25, -0.2) is 0 Å². The van der Waals surface area contributed by atoms with Crippen molar-refractivity contribution in [3.05, 3.63) is 75.5 Å². The third-order valence-corrected chi connectivity index (χ3v) is 6.91. The topological polar surface area (TPSA) is 46.5 Å². The molecule has 2 aromatic rings. The Kier molecular flexibility index (Phi) is 3.82. The fourth-order valence-corrected chi connectivity index (χ4v) is 5.82. The minimum atomic E-state index is -0.234. The van der Waals surface area contributed by atoms with Gasteiger partial charge in [0, 0.05) is 5.92 Å². The molecule has 2 heterocycles. The van der Waals surface area contributed by atoms with Gasteiger partial charge in [-0.1, -0.05) is 47.5 Å². The average Bonchev–Trinajstić information content (AvgIpc) is 3.29. The third kappa shape index (κ3) is 2.35. The quantitative estimate of drug-likeness (QED) is 0.808. The first-order valence-electron chi connectivity index (χ1n) is 10.1. The molecule has 1 N–H and O–H groups in total. The Bertz CT molecular complexity index is 992. The SMILES string of the molecule is Cc1ccc([C@H]2CC3OC2[C@H]2C(O)=C(c4c(C)cc(C)cc4C)C(=O)[C@@H]32)cc1. The van der Waals surface area contributed by atoms with Crippen LogP contribution in [0.25, 0.3) is 5.57 Å². The molecule has 0 spiro atoms. The van der Waals surface area contributed by atoms with Gasteiger partial charge in [0.05, 0.1) is 29.6 Å². The highest BCUT2D eigenvalue weighted by Gasteiger charge is 2.62. The molecule has 2 fully saturated rings. The van der Waals surface area contributed by atoms with Crippen LogP contribution >= 0.6 is 0 Å². The number of ether oxygens (including phenoxy) is 1. The Morgan fingerprint density at radius 1 is 0.929 bits per heavy atom. The molecular weight excluding hydrogens is 348 g/mol. The molecule has 2 aliphatic heterocycles. The van der Waals surface area contributed by atoms with Crippen LogP contribution < -0.4 is 0 Å². The Hall–Kier alpha value is -2.39. The number of aryl methyl sites for hydroxylation is 4. The van der Waals surface area contributed by atoms with Crippen molar-refractivity contribution in [1.82, 2.24) is 0 Å². The molecule has 5 atom stereocenters. The standard InChI is InChI=1S/C25H26O3/c1-12-5-7-16(8-6-12)17-11-18-20-22(25(17)28-18)24(27)21(23(20)26)19-14(3)9-13(2)10-15(19)4/h5-10,17-18,20,22,25,27H,11H2,1-4H3/t17-,18?,20+,22-,25?/m1/s1. The van der Waals surface area contributed by atoms with Crippen molar-refractivity contribution in [3.63, 3.8) is 0 Å². The van der Waals surface area contributed by atoms with E-state index in [1.165, 1.54) is 16.7 Å². The minimum Gasteiger partial charge on any atom is -0.511 e. The van der Waals surface area contributed by atoms with E-state index in [-0.39, 0.29) is 41.5 Å². The van der Waals surface area contributed by atoms with Gasteiger partial charge in [0.2, 0.25) is 0 Å². The lowest BCUT2D eigenvalue weighted by Gasteiger charge is -2.27. The molecule has 28 heavy (non-hydrogen) atoms. The molecule has 0 saturated carbocycles. The Labute approximate surface area is 166 Å². The van der Waals surface area contributed by atoms with Gasteiger partial charge in [-0.15, -0.1) is 0 Å². The molecule has 144 valence electrons. The zero-order chi connectivity index (χ0) is 19.7. The van der Waals surface area contributed by atoms with Crippen LogP contribution in [-0.2, 0) is 9.53 Å². The highest BCUT2D eigenvalue weighted by Crippen LogP contribution is 2.58. The van der Waals surface area contributed by atoms with Crippen LogP contribution in [0.3, 0.4) is 0 Å². The van der Waals surface area contributed by atoms with Gasteiger partial charge in [-0.3, -0.25) is 4.79 Å². The van der Waals surface area contributed by atoms with Gasteiger partial charge in [0.15, 0.2) is 5.78 Å². The van der Waals surface area contributed by atoms with E-state index in [4.69, 9.17) is 4.74 Å². The largest absolute Gasteiger partial charge is 0.511 e. The van der Waals surface area contributed by atoms with Crippen LogP contribution in [0.5, 0.6) is 0 Å². The zero-order valence-corrected chi connectivity index (χ0v) is 16.8. The summed E-state index contributed by atoms with van der Waals surface area (Å²) in [6, 6.07) is 12.7. The molecule has 2 aromatic carbocycles. The van der Waals surface area contributed by atoms with Crippen molar-refractivity contribution in [1.29, 1.82) is 0 Å². The van der Waals surface area contributed by atoms with Gasteiger partial charge in [0.25, 0.3) is 0 Å². The fraction of sp³-hybridized carbons (Fsp3) is 0.400. The van der Waals surface area contributed by atoms with Gasteiger partial charge in [0.1, 0.15) is 5.76 Å². The van der Waals surface area contributed by atoms with Crippen LogP contribution in [0, 0.1) is 39.5 Å². The number of aliphatic hydroxyl groups is 1. The third-order valence-electron chi connectivity index (χ3n) is 6.91. The van der Waals surface area contributed by atoms with E-state index in [0.29, 0.717) is 5.57 Å². The number of hydrogen-bond acceptors (Lipinski definition) is 3. The van der Waals surface area contributed by atoms with Gasteiger partial charge < -0.3 is 9.84 Å². The summed E-state index contributed by atoms with van der Waals surface area (Å²) in [6.45, 7) is 8.19. The Morgan fingerprint density at radius 3 is 2.21 bits per heavy atom. The molecule has 2 saturated heterocycles. The van der Waals surface area contributed by atoms with Crippen LogP contribution in [-0.4, -0.2) is 23.1 Å². The van der Waals surface area contributed by atoms with Crippen LogP contribution in [0.1, 0.15) is 45.7 Å². The first-order valence-corrected chi connectivity index (χ1v) is 10.1. The highest BCUT2D eigenvalue weighted by molar-refractivity contribution is 6.26. The zero-order valence-electron chi connectivity index (χ0n) is 16.8. The normalized spacial score (nSPS) is 31.0. The van der Waals surface area contributed by atoms with E-state index < -0.39 is 0 Å². The summed E-state index contributed by atoms with van der Waals surface area (Å²) < 4.78 is 6.23. The van der Waals surface area contributed by atoms with E-state index in [0.717, 1.165) is 23.1 Å². The van der Waals surface area contributed by atoms with Crippen molar-refractivity contribution < 1.29 is 14.6 Å². The number of hydrogen-bond donors (Lipinski definition) is 1. The first kappa shape index (κ1) is 17.7. The predicted molar refractivity (Wildman–Crippen MR) is 109 cm³/mol. The summed E-state index contributed by atoms with van der Waals surface area (Å²) in [7, 11) is 0. The molecule has 0 radical (unpaired) electrons. The summed E-state index contributed by atoms with van der Waals surface area (Å²) in [6.07, 6.45) is 0.636. The molecule has 3 heteroatoms. The highest BCUT2D eigenvalue weighted by atomic mass is 16.5. The van der Waals surface area contributed by atoms with Crippen LogP contribution in [0.15, 0.2) is 42.2 Å². The molecule has 2 unspecified atom stereocenters. The van der Waals surface area contributed by atoms with Gasteiger partial charge in [-0.05, 0) is 56.4 Å².